The van der Waals surface area contributed by atoms with Gasteiger partial charge in [0.05, 0.1) is 13.2 Å². The summed E-state index contributed by atoms with van der Waals surface area (Å²) in [5.41, 5.74) is 0. The molecule has 3 nitrogen and oxygen atoms in total. The largest absolute Gasteiger partial charge is 0.379 e. The third-order valence-electron chi connectivity index (χ3n) is 2.62. The minimum atomic E-state index is 0.0710. The fourth-order valence-electron chi connectivity index (χ4n) is 1.66. The zero-order valence-electron chi connectivity index (χ0n) is 9.28. The van der Waals surface area contributed by atoms with Crippen LogP contribution < -0.4 is 0 Å². The molecule has 1 rings (SSSR count). The van der Waals surface area contributed by atoms with Gasteiger partial charge in [-0.2, -0.15) is 0 Å². The second kappa shape index (κ2) is 7.04. The standard InChI is InChI=1S/C11H19NO2S/c1-3-10(9-15-11(13)4-2)12-5-7-14-8-6-12/h4,10H,2-3,5-9H2,1H3. The second-order valence-corrected chi connectivity index (χ2v) is 4.57. The zero-order chi connectivity index (χ0) is 11.1. The first-order chi connectivity index (χ1) is 7.27. The molecule has 86 valence electrons. The predicted octanol–water partition coefficient (Wildman–Crippen LogP) is 1.54. The van der Waals surface area contributed by atoms with Gasteiger partial charge in [-0.05, 0) is 12.5 Å². The molecule has 1 aliphatic rings. The van der Waals surface area contributed by atoms with Crippen molar-refractivity contribution in [1.82, 2.24) is 4.90 Å². The summed E-state index contributed by atoms with van der Waals surface area (Å²) in [7, 11) is 0. The first-order valence-corrected chi connectivity index (χ1v) is 6.37. The van der Waals surface area contributed by atoms with Crippen molar-refractivity contribution in [3.63, 3.8) is 0 Å². The summed E-state index contributed by atoms with van der Waals surface area (Å²) in [6, 6.07) is 0.489. The first-order valence-electron chi connectivity index (χ1n) is 5.39. The molecule has 0 N–H and O–H groups in total. The molecule has 1 heterocycles. The number of hydrogen-bond donors (Lipinski definition) is 0. The number of nitrogens with zero attached hydrogens (tertiary/aromatic N) is 1. The molecule has 0 aliphatic carbocycles. The van der Waals surface area contributed by atoms with Crippen LogP contribution in [0, 0.1) is 0 Å². The van der Waals surface area contributed by atoms with Crippen LogP contribution in [0.4, 0.5) is 0 Å². The topological polar surface area (TPSA) is 29.5 Å². The van der Waals surface area contributed by atoms with Crippen LogP contribution >= 0.6 is 11.8 Å². The van der Waals surface area contributed by atoms with E-state index < -0.39 is 0 Å². The van der Waals surface area contributed by atoms with E-state index in [-0.39, 0.29) is 5.12 Å². The maximum absolute atomic E-state index is 11.1. The molecule has 4 heteroatoms. The van der Waals surface area contributed by atoms with Crippen LogP contribution in [-0.2, 0) is 9.53 Å². The van der Waals surface area contributed by atoms with Crippen molar-refractivity contribution in [2.75, 3.05) is 32.1 Å². The number of carbonyl (C=O) groups excluding carboxylic acids is 1. The van der Waals surface area contributed by atoms with Gasteiger partial charge in [-0.15, -0.1) is 0 Å². The molecule has 1 aliphatic heterocycles. The molecule has 0 bridgehead atoms. The highest BCUT2D eigenvalue weighted by Gasteiger charge is 2.19. The SMILES string of the molecule is C=CC(=O)SCC(CC)N1CCOCC1. The Morgan fingerprint density at radius 1 is 1.60 bits per heavy atom. The molecule has 1 atom stereocenters. The van der Waals surface area contributed by atoms with E-state index in [1.807, 2.05) is 0 Å². The molecule has 0 amide bonds. The lowest BCUT2D eigenvalue weighted by molar-refractivity contribution is -0.107. The van der Waals surface area contributed by atoms with E-state index in [0.29, 0.717) is 6.04 Å². The molecular weight excluding hydrogens is 210 g/mol. The Morgan fingerprint density at radius 2 is 2.27 bits per heavy atom. The average molecular weight is 229 g/mol. The Kier molecular flexibility index (Phi) is 5.98. The number of hydrogen-bond acceptors (Lipinski definition) is 4. The van der Waals surface area contributed by atoms with Gasteiger partial charge in [-0.1, -0.05) is 25.3 Å². The maximum atomic E-state index is 11.1. The number of rotatable bonds is 5. The van der Waals surface area contributed by atoms with E-state index in [1.54, 1.807) is 0 Å². The van der Waals surface area contributed by atoms with E-state index in [1.165, 1.54) is 17.8 Å². The summed E-state index contributed by atoms with van der Waals surface area (Å²) in [6.45, 7) is 9.25. The molecule has 0 aromatic carbocycles. The Morgan fingerprint density at radius 3 is 2.80 bits per heavy atom. The second-order valence-electron chi connectivity index (χ2n) is 3.54. The molecule has 1 unspecified atom stereocenters. The van der Waals surface area contributed by atoms with Gasteiger partial charge in [0, 0.05) is 24.9 Å². The smallest absolute Gasteiger partial charge is 0.211 e. The highest BCUT2D eigenvalue weighted by molar-refractivity contribution is 8.14. The van der Waals surface area contributed by atoms with Gasteiger partial charge >= 0.3 is 0 Å². The normalized spacial score (nSPS) is 19.8. The molecule has 0 spiro atoms. The number of carbonyl (C=O) groups is 1. The molecule has 0 saturated carbocycles. The van der Waals surface area contributed by atoms with Crippen LogP contribution in [0.3, 0.4) is 0 Å². The summed E-state index contributed by atoms with van der Waals surface area (Å²) < 4.78 is 5.31. The summed E-state index contributed by atoms with van der Waals surface area (Å²) in [4.78, 5) is 13.5. The molecule has 1 saturated heterocycles. The summed E-state index contributed by atoms with van der Waals surface area (Å²) >= 11 is 1.36. The fraction of sp³-hybridized carbons (Fsp3) is 0.727. The van der Waals surface area contributed by atoms with E-state index in [0.717, 1.165) is 38.5 Å². The fourth-order valence-corrected chi connectivity index (χ4v) is 2.58. The monoisotopic (exact) mass is 229 g/mol. The third-order valence-corrected chi connectivity index (χ3v) is 3.62. The van der Waals surface area contributed by atoms with Gasteiger partial charge in [0.25, 0.3) is 0 Å². The highest BCUT2D eigenvalue weighted by atomic mass is 32.2. The van der Waals surface area contributed by atoms with Gasteiger partial charge in [-0.25, -0.2) is 0 Å². The molecule has 15 heavy (non-hydrogen) atoms. The van der Waals surface area contributed by atoms with Gasteiger partial charge in [-0.3, -0.25) is 9.69 Å². The lowest BCUT2D eigenvalue weighted by Crippen LogP contribution is -2.44. The summed E-state index contributed by atoms with van der Waals surface area (Å²) in [6.07, 6.45) is 2.47. The quantitative estimate of drug-likeness (QED) is 0.669. The van der Waals surface area contributed by atoms with Crippen molar-refractivity contribution in [2.24, 2.45) is 0 Å². The van der Waals surface area contributed by atoms with Crippen LogP contribution in [0.15, 0.2) is 12.7 Å². The number of ether oxygens (including phenoxy) is 1. The predicted molar refractivity (Wildman–Crippen MR) is 64.1 cm³/mol. The lowest BCUT2D eigenvalue weighted by atomic mass is 10.2. The van der Waals surface area contributed by atoms with Crippen molar-refractivity contribution in [1.29, 1.82) is 0 Å². The van der Waals surface area contributed by atoms with Gasteiger partial charge in [0.15, 0.2) is 0 Å². The van der Waals surface area contributed by atoms with Crippen molar-refractivity contribution in [2.45, 2.75) is 19.4 Å². The van der Waals surface area contributed by atoms with Crippen LogP contribution in [0.25, 0.3) is 0 Å². The number of thioether (sulfide) groups is 1. The first kappa shape index (κ1) is 12.7. The van der Waals surface area contributed by atoms with E-state index in [9.17, 15) is 4.79 Å². The molecule has 0 radical (unpaired) electrons. The van der Waals surface area contributed by atoms with Gasteiger partial charge in [0.2, 0.25) is 5.12 Å². The molecule has 0 aromatic heterocycles. The summed E-state index contributed by atoms with van der Waals surface area (Å²) in [5, 5.41) is 0.0710. The third kappa shape index (κ3) is 4.36. The molecule has 0 aromatic rings. The molecule has 1 fully saturated rings. The van der Waals surface area contributed by atoms with E-state index in [4.69, 9.17) is 4.74 Å². The summed E-state index contributed by atoms with van der Waals surface area (Å²) in [5.74, 6) is 0.862. The van der Waals surface area contributed by atoms with Crippen molar-refractivity contribution >= 4 is 16.9 Å². The average Bonchev–Trinajstić information content (AvgIpc) is 2.31. The van der Waals surface area contributed by atoms with Crippen molar-refractivity contribution < 1.29 is 9.53 Å². The Balaban J connectivity index is 2.33. The van der Waals surface area contributed by atoms with E-state index >= 15 is 0 Å². The van der Waals surface area contributed by atoms with Gasteiger partial charge in [0.1, 0.15) is 0 Å². The number of morpholine rings is 1. The van der Waals surface area contributed by atoms with Crippen LogP contribution in [0.1, 0.15) is 13.3 Å². The van der Waals surface area contributed by atoms with Crippen molar-refractivity contribution in [3.05, 3.63) is 12.7 Å². The zero-order valence-corrected chi connectivity index (χ0v) is 10.1. The van der Waals surface area contributed by atoms with Crippen LogP contribution in [0.2, 0.25) is 0 Å². The highest BCUT2D eigenvalue weighted by Crippen LogP contribution is 2.14. The Hall–Kier alpha value is -0.320. The Bertz CT molecular complexity index is 215. The van der Waals surface area contributed by atoms with Crippen LogP contribution in [0.5, 0.6) is 0 Å². The minimum Gasteiger partial charge on any atom is -0.379 e. The van der Waals surface area contributed by atoms with Crippen LogP contribution in [-0.4, -0.2) is 48.1 Å². The van der Waals surface area contributed by atoms with E-state index in [2.05, 4.69) is 18.4 Å². The Labute approximate surface area is 95.9 Å². The minimum absolute atomic E-state index is 0.0710. The molecular formula is C11H19NO2S. The van der Waals surface area contributed by atoms with Gasteiger partial charge < -0.3 is 4.74 Å². The lowest BCUT2D eigenvalue weighted by Gasteiger charge is -2.33. The van der Waals surface area contributed by atoms with Crippen molar-refractivity contribution in [3.8, 4) is 0 Å². The maximum Gasteiger partial charge on any atom is 0.211 e.